The van der Waals surface area contributed by atoms with Crippen LogP contribution in [0, 0.1) is 6.92 Å². The molecule has 1 heterocycles. The van der Waals surface area contributed by atoms with Crippen molar-refractivity contribution in [3.8, 4) is 0 Å². The molecule has 1 aromatic rings. The zero-order chi connectivity index (χ0) is 13.8. The molecule has 3 nitrogen and oxygen atoms in total. The van der Waals surface area contributed by atoms with Gasteiger partial charge in [-0.15, -0.1) is 0 Å². The molecular weight excluding hydrogens is 304 g/mol. The maximum absolute atomic E-state index is 11.8. The van der Waals surface area contributed by atoms with E-state index in [1.165, 1.54) is 11.3 Å². The maximum Gasteiger partial charge on any atom is 0.222 e. The second-order valence-corrected chi connectivity index (χ2v) is 5.91. The number of hydrogen-bond acceptors (Lipinski definition) is 2. The fourth-order valence-corrected chi connectivity index (χ4v) is 2.73. The molecule has 0 atom stereocenters. The molecule has 1 aromatic carbocycles. The minimum absolute atomic E-state index is 0.298. The standard InChI is InChI=1S/C15H21BrN2O/c1-3-4-15(19)18-9-7-17(8-10-18)13-6-5-12(2)14(16)11-13/h5-6,11H,3-4,7-10H2,1-2H3. The second-order valence-electron chi connectivity index (χ2n) is 5.05. The highest BCUT2D eigenvalue weighted by atomic mass is 79.9. The molecule has 0 unspecified atom stereocenters. The Hall–Kier alpha value is -1.03. The fraction of sp³-hybridized carbons (Fsp3) is 0.533. The second kappa shape index (κ2) is 6.42. The average Bonchev–Trinajstić information content (AvgIpc) is 2.42. The average molecular weight is 325 g/mol. The minimum atomic E-state index is 0.298. The van der Waals surface area contributed by atoms with Crippen molar-refractivity contribution in [2.45, 2.75) is 26.7 Å². The first-order valence-electron chi connectivity index (χ1n) is 6.90. The molecule has 0 N–H and O–H groups in total. The third-order valence-electron chi connectivity index (χ3n) is 3.62. The summed E-state index contributed by atoms with van der Waals surface area (Å²) in [5.74, 6) is 0.298. The Bertz CT molecular complexity index is 453. The number of aryl methyl sites for hydroxylation is 1. The van der Waals surface area contributed by atoms with Crippen LogP contribution in [0.3, 0.4) is 0 Å². The molecule has 0 bridgehead atoms. The van der Waals surface area contributed by atoms with Gasteiger partial charge in [0.15, 0.2) is 0 Å². The van der Waals surface area contributed by atoms with Gasteiger partial charge >= 0.3 is 0 Å². The molecule has 4 heteroatoms. The topological polar surface area (TPSA) is 23.6 Å². The number of amides is 1. The Balaban J connectivity index is 1.96. The molecule has 0 radical (unpaired) electrons. The zero-order valence-corrected chi connectivity index (χ0v) is 13.2. The number of carbonyl (C=O) groups excluding carboxylic acids is 1. The molecule has 1 aliphatic rings. The molecule has 0 spiro atoms. The summed E-state index contributed by atoms with van der Waals surface area (Å²) in [6, 6.07) is 6.45. The van der Waals surface area contributed by atoms with Crippen molar-refractivity contribution in [1.29, 1.82) is 0 Å². The van der Waals surface area contributed by atoms with E-state index in [4.69, 9.17) is 0 Å². The van der Waals surface area contributed by atoms with Crippen LogP contribution in [0.4, 0.5) is 5.69 Å². The summed E-state index contributed by atoms with van der Waals surface area (Å²) in [4.78, 5) is 16.2. The van der Waals surface area contributed by atoms with E-state index in [-0.39, 0.29) is 0 Å². The van der Waals surface area contributed by atoms with Crippen LogP contribution in [-0.4, -0.2) is 37.0 Å². The van der Waals surface area contributed by atoms with Crippen molar-refractivity contribution in [2.75, 3.05) is 31.1 Å². The van der Waals surface area contributed by atoms with Crippen LogP contribution in [0.1, 0.15) is 25.3 Å². The number of piperazine rings is 1. The smallest absolute Gasteiger partial charge is 0.222 e. The van der Waals surface area contributed by atoms with Gasteiger partial charge in [0.1, 0.15) is 0 Å². The Morgan fingerprint density at radius 1 is 1.26 bits per heavy atom. The van der Waals surface area contributed by atoms with Gasteiger partial charge in [0.25, 0.3) is 0 Å². The summed E-state index contributed by atoms with van der Waals surface area (Å²) >= 11 is 3.58. The lowest BCUT2D eigenvalue weighted by Crippen LogP contribution is -2.48. The first-order chi connectivity index (χ1) is 9.11. The quantitative estimate of drug-likeness (QED) is 0.852. The number of hydrogen-bond donors (Lipinski definition) is 0. The van der Waals surface area contributed by atoms with Crippen molar-refractivity contribution in [3.05, 3.63) is 28.2 Å². The summed E-state index contributed by atoms with van der Waals surface area (Å²) < 4.78 is 1.15. The first kappa shape index (κ1) is 14.4. The van der Waals surface area contributed by atoms with E-state index in [9.17, 15) is 4.79 Å². The van der Waals surface area contributed by atoms with Gasteiger partial charge in [-0.1, -0.05) is 28.9 Å². The van der Waals surface area contributed by atoms with Crippen LogP contribution in [0.15, 0.2) is 22.7 Å². The summed E-state index contributed by atoms with van der Waals surface area (Å²) in [6.07, 6.45) is 1.61. The van der Waals surface area contributed by atoms with Crippen molar-refractivity contribution in [3.63, 3.8) is 0 Å². The summed E-state index contributed by atoms with van der Waals surface area (Å²) in [7, 11) is 0. The molecule has 0 aromatic heterocycles. The Labute approximate surface area is 123 Å². The molecule has 1 saturated heterocycles. The van der Waals surface area contributed by atoms with Gasteiger partial charge in [0, 0.05) is 42.8 Å². The van der Waals surface area contributed by atoms with E-state index in [1.54, 1.807) is 0 Å². The van der Waals surface area contributed by atoms with Crippen LogP contribution in [0.2, 0.25) is 0 Å². The number of nitrogens with zero attached hydrogens (tertiary/aromatic N) is 2. The van der Waals surface area contributed by atoms with Gasteiger partial charge < -0.3 is 9.80 Å². The number of rotatable bonds is 3. The third kappa shape index (κ3) is 3.50. The predicted molar refractivity (Wildman–Crippen MR) is 82.6 cm³/mol. The van der Waals surface area contributed by atoms with Gasteiger partial charge in [0.2, 0.25) is 5.91 Å². The van der Waals surface area contributed by atoms with E-state index < -0.39 is 0 Å². The minimum Gasteiger partial charge on any atom is -0.368 e. The monoisotopic (exact) mass is 324 g/mol. The fourth-order valence-electron chi connectivity index (χ4n) is 2.36. The molecule has 104 valence electrons. The maximum atomic E-state index is 11.8. The summed E-state index contributed by atoms with van der Waals surface area (Å²) in [5.41, 5.74) is 2.49. The lowest BCUT2D eigenvalue weighted by Gasteiger charge is -2.36. The molecule has 2 rings (SSSR count). The third-order valence-corrected chi connectivity index (χ3v) is 4.47. The van der Waals surface area contributed by atoms with Gasteiger partial charge in [-0.25, -0.2) is 0 Å². The molecule has 19 heavy (non-hydrogen) atoms. The molecule has 1 amide bonds. The van der Waals surface area contributed by atoms with Crippen LogP contribution in [-0.2, 0) is 4.79 Å². The molecular formula is C15H21BrN2O. The van der Waals surface area contributed by atoms with Crippen LogP contribution < -0.4 is 4.90 Å². The SMILES string of the molecule is CCCC(=O)N1CCN(c2ccc(C)c(Br)c2)CC1. The number of benzene rings is 1. The molecule has 0 saturated carbocycles. The lowest BCUT2D eigenvalue weighted by atomic mass is 10.2. The first-order valence-corrected chi connectivity index (χ1v) is 7.70. The van der Waals surface area contributed by atoms with Crippen LogP contribution in [0.5, 0.6) is 0 Å². The molecule has 1 fully saturated rings. The zero-order valence-electron chi connectivity index (χ0n) is 11.7. The van der Waals surface area contributed by atoms with E-state index in [0.717, 1.165) is 37.1 Å². The lowest BCUT2D eigenvalue weighted by molar-refractivity contribution is -0.131. The van der Waals surface area contributed by atoms with Gasteiger partial charge in [-0.3, -0.25) is 4.79 Å². The summed E-state index contributed by atoms with van der Waals surface area (Å²) in [6.45, 7) is 7.66. The Morgan fingerprint density at radius 3 is 2.53 bits per heavy atom. The van der Waals surface area contributed by atoms with E-state index in [1.807, 2.05) is 4.90 Å². The Morgan fingerprint density at radius 2 is 1.95 bits per heavy atom. The van der Waals surface area contributed by atoms with Crippen molar-refractivity contribution >= 4 is 27.5 Å². The predicted octanol–water partition coefficient (Wildman–Crippen LogP) is 3.21. The normalized spacial score (nSPS) is 15.7. The number of halogens is 1. The highest BCUT2D eigenvalue weighted by Crippen LogP contribution is 2.24. The van der Waals surface area contributed by atoms with E-state index >= 15 is 0 Å². The van der Waals surface area contributed by atoms with Crippen LogP contribution >= 0.6 is 15.9 Å². The molecule has 0 aliphatic carbocycles. The number of carbonyl (C=O) groups is 1. The number of anilines is 1. The van der Waals surface area contributed by atoms with E-state index in [0.29, 0.717) is 12.3 Å². The van der Waals surface area contributed by atoms with Crippen molar-refractivity contribution in [2.24, 2.45) is 0 Å². The van der Waals surface area contributed by atoms with Crippen LogP contribution in [0.25, 0.3) is 0 Å². The highest BCUT2D eigenvalue weighted by molar-refractivity contribution is 9.10. The summed E-state index contributed by atoms with van der Waals surface area (Å²) in [5, 5.41) is 0. The van der Waals surface area contributed by atoms with Crippen molar-refractivity contribution in [1.82, 2.24) is 4.90 Å². The molecule has 1 aliphatic heterocycles. The van der Waals surface area contributed by atoms with E-state index in [2.05, 4.69) is 52.9 Å². The van der Waals surface area contributed by atoms with Gasteiger partial charge in [0.05, 0.1) is 0 Å². The Kier molecular flexibility index (Phi) is 4.86. The van der Waals surface area contributed by atoms with Crippen molar-refractivity contribution < 1.29 is 4.79 Å². The largest absolute Gasteiger partial charge is 0.368 e. The highest BCUT2D eigenvalue weighted by Gasteiger charge is 2.20. The van der Waals surface area contributed by atoms with Gasteiger partial charge in [-0.2, -0.15) is 0 Å². The van der Waals surface area contributed by atoms with Gasteiger partial charge in [-0.05, 0) is 31.0 Å².